The van der Waals surface area contributed by atoms with Crippen LogP contribution in [0.1, 0.15) is 15.9 Å². The van der Waals surface area contributed by atoms with Gasteiger partial charge in [-0.15, -0.1) is 0 Å². The molecule has 136 valence electrons. The lowest BCUT2D eigenvalue weighted by Crippen LogP contribution is -2.09. The number of fused-ring (bicyclic) bond motifs is 1. The molecule has 2 aromatic carbocycles. The number of aryl methyl sites for hydroxylation is 1. The molecule has 4 aromatic rings. The Morgan fingerprint density at radius 2 is 1.78 bits per heavy atom. The number of hydrogen-bond donors (Lipinski definition) is 0. The van der Waals surface area contributed by atoms with Crippen molar-refractivity contribution in [1.29, 1.82) is 0 Å². The van der Waals surface area contributed by atoms with Crippen LogP contribution in [0.4, 0.5) is 0 Å². The number of nitrogens with zero attached hydrogens (tertiary/aromatic N) is 2. The first-order valence-corrected chi connectivity index (χ1v) is 10.6. The van der Waals surface area contributed by atoms with Gasteiger partial charge in [-0.3, -0.25) is 9.20 Å². The van der Waals surface area contributed by atoms with Crippen molar-refractivity contribution >= 4 is 32.1 Å². The number of hydrogen-bond acceptors (Lipinski definition) is 5. The number of imidazole rings is 1. The fraction of sp³-hybridized carbons (Fsp3) is 0.0526. The van der Waals surface area contributed by atoms with Crippen LogP contribution in [0.15, 0.2) is 72.0 Å². The largest absolute Gasteiger partial charge is 0.388 e. The summed E-state index contributed by atoms with van der Waals surface area (Å²) in [7, 11) is -5.18. The predicted molar refractivity (Wildman–Crippen MR) is 103 cm³/mol. The highest BCUT2D eigenvalue weighted by atomic mass is 32.3. The van der Waals surface area contributed by atoms with Gasteiger partial charge in [-0.05, 0) is 34.8 Å². The van der Waals surface area contributed by atoms with Gasteiger partial charge in [0, 0.05) is 17.3 Å². The van der Waals surface area contributed by atoms with Crippen LogP contribution in [0.3, 0.4) is 0 Å². The maximum atomic E-state index is 12.8. The van der Waals surface area contributed by atoms with E-state index in [4.69, 9.17) is 3.63 Å². The van der Waals surface area contributed by atoms with Gasteiger partial charge in [0.1, 0.15) is 6.29 Å². The highest BCUT2D eigenvalue weighted by Gasteiger charge is 2.33. The number of carbonyl (C=O) groups excluding carboxylic acids is 1. The maximum Gasteiger partial charge on any atom is 0.388 e. The zero-order valence-corrected chi connectivity index (χ0v) is 15.9. The van der Waals surface area contributed by atoms with Crippen molar-refractivity contribution in [3.05, 3.63) is 78.2 Å². The normalized spacial score (nSPS) is 12.4. The molecule has 6 nitrogen and oxygen atoms in total. The van der Waals surface area contributed by atoms with Crippen LogP contribution in [0.25, 0.3) is 15.4 Å². The van der Waals surface area contributed by atoms with Gasteiger partial charge in [0.2, 0.25) is 15.6 Å². The maximum absolute atomic E-state index is 12.8. The van der Waals surface area contributed by atoms with E-state index in [0.29, 0.717) is 15.4 Å². The average molecular weight is 399 g/mol. The summed E-state index contributed by atoms with van der Waals surface area (Å²) in [6.45, 7) is 1.89. The van der Waals surface area contributed by atoms with Crippen LogP contribution in [0.2, 0.25) is 0 Å². The number of rotatable bonds is 5. The molecule has 0 fully saturated rings. The first kappa shape index (κ1) is 17.6. The zero-order valence-electron chi connectivity index (χ0n) is 14.3. The van der Waals surface area contributed by atoms with E-state index in [1.165, 1.54) is 12.1 Å². The Morgan fingerprint density at radius 3 is 2.44 bits per heavy atom. The SMILES string of the molecule is Cc1ccc(S(=O)(=O)O[s+]2c(-c3ccc(C=O)cc3)cn3ccnc32)cc1. The molecule has 0 amide bonds. The van der Waals surface area contributed by atoms with Gasteiger partial charge in [-0.1, -0.05) is 29.8 Å². The number of thiazole rings is 1. The fourth-order valence-electron chi connectivity index (χ4n) is 2.62. The Hall–Kier alpha value is -2.81. The Labute approximate surface area is 159 Å². The molecular weight excluding hydrogens is 384 g/mol. The molecule has 0 N–H and O–H groups in total. The quantitative estimate of drug-likeness (QED) is 0.378. The monoisotopic (exact) mass is 399 g/mol. The van der Waals surface area contributed by atoms with Crippen LogP contribution in [0.5, 0.6) is 0 Å². The van der Waals surface area contributed by atoms with Crippen LogP contribution in [-0.4, -0.2) is 24.1 Å². The predicted octanol–water partition coefficient (Wildman–Crippen LogP) is 3.69. The molecule has 1 unspecified atom stereocenters. The van der Waals surface area contributed by atoms with Gasteiger partial charge < -0.3 is 0 Å². The number of aromatic nitrogens is 2. The van der Waals surface area contributed by atoms with E-state index in [1.54, 1.807) is 59.4 Å². The van der Waals surface area contributed by atoms with Crippen LogP contribution < -0.4 is 3.63 Å². The Kier molecular flexibility index (Phi) is 4.39. The summed E-state index contributed by atoms with van der Waals surface area (Å²) in [5.74, 6) is 0. The minimum Gasteiger partial charge on any atom is -0.298 e. The fourth-order valence-corrected chi connectivity index (χ4v) is 5.88. The summed E-state index contributed by atoms with van der Waals surface area (Å²) in [4.78, 5) is 16.4. The molecular formula is C19H15N2O4S2+. The second-order valence-corrected chi connectivity index (χ2v) is 9.22. The lowest BCUT2D eigenvalue weighted by atomic mass is 10.1. The average Bonchev–Trinajstić information content (AvgIpc) is 3.25. The summed E-state index contributed by atoms with van der Waals surface area (Å²) in [5, 5.41) is 0. The molecule has 0 aliphatic heterocycles. The first-order valence-electron chi connectivity index (χ1n) is 8.04. The van der Waals surface area contributed by atoms with E-state index < -0.39 is 20.9 Å². The van der Waals surface area contributed by atoms with E-state index in [9.17, 15) is 13.2 Å². The minimum atomic E-state index is -3.97. The Morgan fingerprint density at radius 1 is 1.07 bits per heavy atom. The highest BCUT2D eigenvalue weighted by Crippen LogP contribution is 2.38. The summed E-state index contributed by atoms with van der Waals surface area (Å²) in [6.07, 6.45) is 5.89. The van der Waals surface area contributed by atoms with Gasteiger partial charge in [0.25, 0.3) is 0 Å². The molecule has 2 aromatic heterocycles. The standard InChI is InChI=1S/C19H15N2O4S2/c1-14-2-8-17(9-3-14)27(23,24)25-26-18(12-21-11-10-20-19(21)26)16-6-4-15(13-22)5-7-16/h2-13H,1H3/q+1. The van der Waals surface area contributed by atoms with E-state index >= 15 is 0 Å². The van der Waals surface area contributed by atoms with Gasteiger partial charge in [-0.2, -0.15) is 13.4 Å². The van der Waals surface area contributed by atoms with Crippen molar-refractivity contribution in [1.82, 2.24) is 9.38 Å². The molecule has 27 heavy (non-hydrogen) atoms. The van der Waals surface area contributed by atoms with Crippen LogP contribution in [-0.2, 0) is 10.1 Å². The number of carbonyl (C=O) groups is 1. The molecule has 2 heterocycles. The molecule has 8 heteroatoms. The topological polar surface area (TPSA) is 77.7 Å². The Bertz CT molecular complexity index is 1220. The van der Waals surface area contributed by atoms with Gasteiger partial charge in [-0.25, -0.2) is 0 Å². The van der Waals surface area contributed by atoms with Crippen LogP contribution >= 0.6 is 10.8 Å². The van der Waals surface area contributed by atoms with E-state index in [0.717, 1.165) is 17.4 Å². The lowest BCUT2D eigenvalue weighted by molar-refractivity contribution is 0.112. The molecule has 0 bridgehead atoms. The molecule has 0 saturated carbocycles. The molecule has 4 rings (SSSR count). The second kappa shape index (κ2) is 6.73. The smallest absolute Gasteiger partial charge is 0.298 e. The van der Waals surface area contributed by atoms with Crippen molar-refractivity contribution in [3.8, 4) is 10.4 Å². The van der Waals surface area contributed by atoms with E-state index in [1.807, 2.05) is 6.92 Å². The number of aldehydes is 1. The van der Waals surface area contributed by atoms with Crippen molar-refractivity contribution in [3.63, 3.8) is 0 Å². The van der Waals surface area contributed by atoms with E-state index in [2.05, 4.69) is 4.98 Å². The summed E-state index contributed by atoms with van der Waals surface area (Å²) in [5.41, 5.74) is 2.28. The number of benzene rings is 2. The van der Waals surface area contributed by atoms with Gasteiger partial charge in [0.05, 0.1) is 17.3 Å². The molecule has 0 saturated heterocycles. The highest BCUT2D eigenvalue weighted by molar-refractivity contribution is 7.89. The second-order valence-electron chi connectivity index (χ2n) is 5.95. The van der Waals surface area contributed by atoms with E-state index in [-0.39, 0.29) is 4.90 Å². The van der Waals surface area contributed by atoms with Crippen molar-refractivity contribution in [2.45, 2.75) is 11.8 Å². The van der Waals surface area contributed by atoms with Crippen molar-refractivity contribution in [2.24, 2.45) is 0 Å². The van der Waals surface area contributed by atoms with Crippen molar-refractivity contribution in [2.75, 3.05) is 0 Å². The molecule has 1 atom stereocenters. The van der Waals surface area contributed by atoms with Gasteiger partial charge in [0.15, 0.2) is 0 Å². The third-order valence-electron chi connectivity index (χ3n) is 4.05. The molecule has 0 aliphatic rings. The summed E-state index contributed by atoms with van der Waals surface area (Å²) < 4.78 is 32.9. The zero-order chi connectivity index (χ0) is 19.0. The summed E-state index contributed by atoms with van der Waals surface area (Å²) >= 11 is 0. The minimum absolute atomic E-state index is 0.0984. The molecule has 0 aliphatic carbocycles. The third-order valence-corrected chi connectivity index (χ3v) is 7.55. The lowest BCUT2D eigenvalue weighted by Gasteiger charge is -2.00. The third kappa shape index (κ3) is 3.30. The van der Waals surface area contributed by atoms with Gasteiger partial charge >= 0.3 is 15.1 Å². The summed E-state index contributed by atoms with van der Waals surface area (Å²) in [6, 6.07) is 13.4. The van der Waals surface area contributed by atoms with Crippen molar-refractivity contribution < 1.29 is 16.8 Å². The molecule has 0 radical (unpaired) electrons. The Balaban J connectivity index is 1.81. The first-order chi connectivity index (χ1) is 13.0. The van der Waals surface area contributed by atoms with Crippen LogP contribution in [0, 0.1) is 6.92 Å². The molecule has 0 spiro atoms.